The molecule has 0 heterocycles. The number of ether oxygens (including phenoxy) is 1. The molecule has 92 valence electrons. The fourth-order valence-corrected chi connectivity index (χ4v) is 2.99. The van der Waals surface area contributed by atoms with Crippen LogP contribution in [0.1, 0.15) is 0 Å². The van der Waals surface area contributed by atoms with E-state index in [0.717, 1.165) is 22.2 Å². The molecular formula is C17H13NO. The molecule has 0 amide bonds. The first-order valence-corrected chi connectivity index (χ1v) is 6.29. The Bertz CT molecular complexity index is 911. The maximum absolute atomic E-state index is 6.12. The number of anilines is 1. The van der Waals surface area contributed by atoms with Crippen LogP contribution >= 0.6 is 0 Å². The Kier molecular flexibility index (Phi) is 1.93. The number of nitrogens with two attached hydrogens (primary N) is 1. The molecule has 2 N–H and O–H groups in total. The number of methoxy groups -OCH3 is 1. The zero-order valence-electron chi connectivity index (χ0n) is 10.6. The molecule has 0 radical (unpaired) electrons. The van der Waals surface area contributed by atoms with Gasteiger partial charge in [0.25, 0.3) is 0 Å². The quantitative estimate of drug-likeness (QED) is 0.404. The van der Waals surface area contributed by atoms with Crippen LogP contribution in [0.4, 0.5) is 5.69 Å². The third kappa shape index (κ3) is 1.26. The van der Waals surface area contributed by atoms with E-state index in [-0.39, 0.29) is 0 Å². The predicted molar refractivity (Wildman–Crippen MR) is 81.1 cm³/mol. The average Bonchev–Trinajstić information content (AvgIpc) is 2.46. The van der Waals surface area contributed by atoms with Gasteiger partial charge in [0, 0.05) is 21.8 Å². The molecule has 0 bridgehead atoms. The molecule has 2 nitrogen and oxygen atoms in total. The second kappa shape index (κ2) is 3.51. The first-order chi connectivity index (χ1) is 9.29. The maximum Gasteiger partial charge on any atom is 0.127 e. The van der Waals surface area contributed by atoms with Gasteiger partial charge in [0.1, 0.15) is 5.75 Å². The van der Waals surface area contributed by atoms with Crippen molar-refractivity contribution in [3.8, 4) is 5.75 Å². The molecule has 4 rings (SSSR count). The summed E-state index contributed by atoms with van der Waals surface area (Å²) in [6, 6.07) is 16.6. The van der Waals surface area contributed by atoms with E-state index in [0.29, 0.717) is 0 Å². The highest BCUT2D eigenvalue weighted by Crippen LogP contribution is 2.41. The molecule has 0 aliphatic rings. The summed E-state index contributed by atoms with van der Waals surface area (Å²) in [7, 11) is 1.71. The van der Waals surface area contributed by atoms with Gasteiger partial charge in [0.2, 0.25) is 0 Å². The molecule has 0 saturated carbocycles. The van der Waals surface area contributed by atoms with Crippen molar-refractivity contribution in [1.29, 1.82) is 0 Å². The highest BCUT2D eigenvalue weighted by atomic mass is 16.5. The van der Waals surface area contributed by atoms with Crippen LogP contribution in [0, 0.1) is 0 Å². The smallest absolute Gasteiger partial charge is 0.127 e. The van der Waals surface area contributed by atoms with E-state index in [1.54, 1.807) is 7.11 Å². The summed E-state index contributed by atoms with van der Waals surface area (Å²) < 4.78 is 5.53. The molecule has 0 spiro atoms. The topological polar surface area (TPSA) is 35.2 Å². The van der Waals surface area contributed by atoms with Crippen molar-refractivity contribution >= 4 is 38.0 Å². The Hall–Kier alpha value is -2.48. The number of hydrogen-bond acceptors (Lipinski definition) is 2. The first kappa shape index (κ1) is 10.4. The van der Waals surface area contributed by atoms with Gasteiger partial charge in [-0.15, -0.1) is 0 Å². The fourth-order valence-electron chi connectivity index (χ4n) is 2.99. The summed E-state index contributed by atoms with van der Waals surface area (Å²) in [5.41, 5.74) is 6.93. The van der Waals surface area contributed by atoms with E-state index in [2.05, 4.69) is 36.4 Å². The monoisotopic (exact) mass is 247 g/mol. The Morgan fingerprint density at radius 1 is 0.842 bits per heavy atom. The van der Waals surface area contributed by atoms with Crippen LogP contribution in [0.2, 0.25) is 0 Å². The minimum Gasteiger partial charge on any atom is -0.496 e. The molecule has 4 aromatic rings. The predicted octanol–water partition coefficient (Wildman–Crippen LogP) is 4.17. The normalized spacial score (nSPS) is 11.6. The minimum atomic E-state index is 0.813. The zero-order valence-corrected chi connectivity index (χ0v) is 10.6. The largest absolute Gasteiger partial charge is 0.496 e. The van der Waals surface area contributed by atoms with Crippen molar-refractivity contribution in [3.05, 3.63) is 48.5 Å². The van der Waals surface area contributed by atoms with Gasteiger partial charge in [-0.05, 0) is 34.4 Å². The molecule has 0 atom stereocenters. The van der Waals surface area contributed by atoms with E-state index in [1.165, 1.54) is 21.5 Å². The third-order valence-electron chi connectivity index (χ3n) is 3.86. The van der Waals surface area contributed by atoms with Crippen LogP contribution in [0.25, 0.3) is 32.3 Å². The number of rotatable bonds is 1. The Morgan fingerprint density at radius 3 is 2.47 bits per heavy atom. The summed E-state index contributed by atoms with van der Waals surface area (Å²) in [6.45, 7) is 0. The summed E-state index contributed by atoms with van der Waals surface area (Å²) in [4.78, 5) is 0. The summed E-state index contributed by atoms with van der Waals surface area (Å²) in [5, 5.41) is 7.12. The summed E-state index contributed by atoms with van der Waals surface area (Å²) >= 11 is 0. The third-order valence-corrected chi connectivity index (χ3v) is 3.86. The van der Waals surface area contributed by atoms with Gasteiger partial charge in [-0.3, -0.25) is 0 Å². The van der Waals surface area contributed by atoms with E-state index in [4.69, 9.17) is 10.5 Å². The lowest BCUT2D eigenvalue weighted by molar-refractivity contribution is 0.420. The van der Waals surface area contributed by atoms with E-state index in [9.17, 15) is 0 Å². The van der Waals surface area contributed by atoms with Gasteiger partial charge in [-0.25, -0.2) is 0 Å². The molecule has 0 aliphatic carbocycles. The molecule has 0 saturated heterocycles. The van der Waals surface area contributed by atoms with E-state index >= 15 is 0 Å². The fraction of sp³-hybridized carbons (Fsp3) is 0.0588. The zero-order chi connectivity index (χ0) is 13.0. The number of hydrogen-bond donors (Lipinski definition) is 1. The summed E-state index contributed by atoms with van der Waals surface area (Å²) in [6.07, 6.45) is 0. The standard InChI is InChI=1S/C17H13NO/c1-19-15-9-11-4-2-3-10-5-6-12-14(18)8-7-13(15)17(12)16(10)11/h2-9H,18H2,1H3. The molecule has 0 fully saturated rings. The molecule has 2 heteroatoms. The Morgan fingerprint density at radius 2 is 1.63 bits per heavy atom. The molecule has 0 unspecified atom stereocenters. The van der Waals surface area contributed by atoms with Gasteiger partial charge in [0.15, 0.2) is 0 Å². The minimum absolute atomic E-state index is 0.813. The first-order valence-electron chi connectivity index (χ1n) is 6.29. The van der Waals surface area contributed by atoms with Crippen molar-refractivity contribution < 1.29 is 4.74 Å². The lowest BCUT2D eigenvalue weighted by atomic mass is 9.93. The number of benzene rings is 4. The second-order valence-corrected chi connectivity index (χ2v) is 4.85. The highest BCUT2D eigenvalue weighted by Gasteiger charge is 2.13. The van der Waals surface area contributed by atoms with Crippen molar-refractivity contribution in [3.63, 3.8) is 0 Å². The van der Waals surface area contributed by atoms with Gasteiger partial charge in [-0.1, -0.05) is 30.3 Å². The van der Waals surface area contributed by atoms with Crippen molar-refractivity contribution in [2.24, 2.45) is 0 Å². The van der Waals surface area contributed by atoms with Crippen LogP contribution in [0.15, 0.2) is 48.5 Å². The molecule has 0 aliphatic heterocycles. The van der Waals surface area contributed by atoms with Gasteiger partial charge < -0.3 is 10.5 Å². The lowest BCUT2D eigenvalue weighted by Crippen LogP contribution is -1.92. The van der Waals surface area contributed by atoms with Crippen LogP contribution < -0.4 is 10.5 Å². The molecule has 19 heavy (non-hydrogen) atoms. The van der Waals surface area contributed by atoms with Crippen molar-refractivity contribution in [2.45, 2.75) is 0 Å². The van der Waals surface area contributed by atoms with Crippen LogP contribution in [-0.2, 0) is 0 Å². The Balaban J connectivity index is 2.43. The molecule has 0 aromatic heterocycles. The second-order valence-electron chi connectivity index (χ2n) is 4.85. The number of nitrogen functional groups attached to an aromatic ring is 1. The Labute approximate surface area is 110 Å². The average molecular weight is 247 g/mol. The van der Waals surface area contributed by atoms with Crippen molar-refractivity contribution in [2.75, 3.05) is 12.8 Å². The summed E-state index contributed by atoms with van der Waals surface area (Å²) in [5.74, 6) is 0.899. The van der Waals surface area contributed by atoms with E-state index < -0.39 is 0 Å². The molecular weight excluding hydrogens is 234 g/mol. The van der Waals surface area contributed by atoms with Crippen LogP contribution in [0.3, 0.4) is 0 Å². The van der Waals surface area contributed by atoms with Crippen molar-refractivity contribution in [1.82, 2.24) is 0 Å². The molecule has 4 aromatic carbocycles. The van der Waals surface area contributed by atoms with Gasteiger partial charge >= 0.3 is 0 Å². The lowest BCUT2D eigenvalue weighted by Gasteiger charge is -2.14. The van der Waals surface area contributed by atoms with Gasteiger partial charge in [-0.2, -0.15) is 0 Å². The highest BCUT2D eigenvalue weighted by molar-refractivity contribution is 6.26. The van der Waals surface area contributed by atoms with Crippen LogP contribution in [0.5, 0.6) is 5.75 Å². The van der Waals surface area contributed by atoms with E-state index in [1.807, 2.05) is 12.1 Å². The van der Waals surface area contributed by atoms with Crippen LogP contribution in [-0.4, -0.2) is 7.11 Å². The maximum atomic E-state index is 6.12. The van der Waals surface area contributed by atoms with Gasteiger partial charge in [0.05, 0.1) is 7.11 Å². The SMILES string of the molecule is COc1cc2cccc3ccc4c(N)ccc1c4c32.